The van der Waals surface area contributed by atoms with Crippen LogP contribution in [0.15, 0.2) is 54.6 Å². The normalized spacial score (nSPS) is 22.3. The minimum atomic E-state index is 0.205. The minimum Gasteiger partial charge on any atom is -0.496 e. The molecule has 1 aliphatic carbocycles. The van der Waals surface area contributed by atoms with E-state index in [1.54, 1.807) is 7.11 Å². The van der Waals surface area contributed by atoms with Crippen molar-refractivity contribution >= 4 is 0 Å². The summed E-state index contributed by atoms with van der Waals surface area (Å²) in [5.74, 6) is 2.18. The van der Waals surface area contributed by atoms with Crippen molar-refractivity contribution in [1.82, 2.24) is 0 Å². The number of methoxy groups -OCH3 is 1. The number of para-hydroxylation sites is 1. The van der Waals surface area contributed by atoms with E-state index in [0.717, 1.165) is 12.2 Å². The summed E-state index contributed by atoms with van der Waals surface area (Å²) in [6, 6.07) is 19.1. The Kier molecular flexibility index (Phi) is 3.75. The molecule has 0 aliphatic heterocycles. The van der Waals surface area contributed by atoms with E-state index in [-0.39, 0.29) is 6.04 Å². The standard InChI is InChI=1S/C18H21NO/c1-20-18-10-6-5-9-14(18)11-17(19)16-12-15(16)13-7-3-2-4-8-13/h2-10,15-17H,11-12,19H2,1H3. The monoisotopic (exact) mass is 267 g/mol. The number of hydrogen-bond donors (Lipinski definition) is 1. The zero-order valence-corrected chi connectivity index (χ0v) is 11.8. The lowest BCUT2D eigenvalue weighted by Gasteiger charge is -2.14. The van der Waals surface area contributed by atoms with Crippen molar-refractivity contribution in [3.05, 3.63) is 65.7 Å². The fraction of sp³-hybridized carbons (Fsp3) is 0.333. The van der Waals surface area contributed by atoms with E-state index in [2.05, 4.69) is 36.4 Å². The average molecular weight is 267 g/mol. The Hall–Kier alpha value is -1.80. The number of rotatable bonds is 5. The average Bonchev–Trinajstić information content (AvgIpc) is 3.29. The van der Waals surface area contributed by atoms with Crippen molar-refractivity contribution in [2.24, 2.45) is 11.7 Å². The Morgan fingerprint density at radius 2 is 1.80 bits per heavy atom. The van der Waals surface area contributed by atoms with Crippen LogP contribution in [-0.4, -0.2) is 13.2 Å². The Morgan fingerprint density at radius 1 is 1.10 bits per heavy atom. The first-order chi connectivity index (χ1) is 9.79. The van der Waals surface area contributed by atoms with Crippen molar-refractivity contribution < 1.29 is 4.74 Å². The van der Waals surface area contributed by atoms with Gasteiger partial charge in [-0.2, -0.15) is 0 Å². The summed E-state index contributed by atoms with van der Waals surface area (Å²) in [7, 11) is 1.72. The van der Waals surface area contributed by atoms with Crippen LogP contribution in [0.25, 0.3) is 0 Å². The topological polar surface area (TPSA) is 35.2 Å². The Labute approximate surface area is 120 Å². The summed E-state index contributed by atoms with van der Waals surface area (Å²) in [5.41, 5.74) is 9.04. The first-order valence-corrected chi connectivity index (χ1v) is 7.22. The zero-order chi connectivity index (χ0) is 13.9. The first kappa shape index (κ1) is 13.2. The summed E-state index contributed by atoms with van der Waals surface area (Å²) in [5, 5.41) is 0. The van der Waals surface area contributed by atoms with Crippen LogP contribution >= 0.6 is 0 Å². The Morgan fingerprint density at radius 3 is 2.55 bits per heavy atom. The molecule has 0 spiro atoms. The van der Waals surface area contributed by atoms with E-state index in [1.165, 1.54) is 17.5 Å². The SMILES string of the molecule is COc1ccccc1CC(N)C1CC1c1ccccc1. The van der Waals surface area contributed by atoms with Crippen LogP contribution in [-0.2, 0) is 6.42 Å². The molecule has 3 atom stereocenters. The Bertz CT molecular complexity index is 567. The maximum Gasteiger partial charge on any atom is 0.122 e. The van der Waals surface area contributed by atoms with Crippen molar-refractivity contribution in [3.63, 3.8) is 0 Å². The highest BCUT2D eigenvalue weighted by atomic mass is 16.5. The summed E-state index contributed by atoms with van der Waals surface area (Å²) in [6.07, 6.45) is 2.10. The molecule has 2 heteroatoms. The fourth-order valence-corrected chi connectivity index (χ4v) is 3.05. The van der Waals surface area contributed by atoms with Crippen molar-refractivity contribution in [3.8, 4) is 5.75 Å². The van der Waals surface area contributed by atoms with Gasteiger partial charge in [0.15, 0.2) is 0 Å². The number of benzene rings is 2. The van der Waals surface area contributed by atoms with Crippen LogP contribution in [0.4, 0.5) is 0 Å². The molecule has 20 heavy (non-hydrogen) atoms. The smallest absolute Gasteiger partial charge is 0.122 e. The van der Waals surface area contributed by atoms with Crippen LogP contribution in [0.2, 0.25) is 0 Å². The van der Waals surface area contributed by atoms with E-state index in [0.29, 0.717) is 11.8 Å². The van der Waals surface area contributed by atoms with Gasteiger partial charge in [-0.05, 0) is 41.9 Å². The molecule has 0 heterocycles. The Balaban J connectivity index is 1.65. The van der Waals surface area contributed by atoms with Gasteiger partial charge in [-0.15, -0.1) is 0 Å². The number of nitrogens with two attached hydrogens (primary N) is 1. The molecule has 1 saturated carbocycles. The maximum atomic E-state index is 6.41. The second-order valence-electron chi connectivity index (χ2n) is 5.60. The van der Waals surface area contributed by atoms with Gasteiger partial charge in [-0.3, -0.25) is 0 Å². The maximum absolute atomic E-state index is 6.41. The summed E-state index contributed by atoms with van der Waals surface area (Å²) in [4.78, 5) is 0. The summed E-state index contributed by atoms with van der Waals surface area (Å²) < 4.78 is 5.40. The van der Waals surface area contributed by atoms with Gasteiger partial charge in [0.1, 0.15) is 5.75 Å². The van der Waals surface area contributed by atoms with E-state index in [4.69, 9.17) is 10.5 Å². The molecule has 0 bridgehead atoms. The first-order valence-electron chi connectivity index (χ1n) is 7.22. The van der Waals surface area contributed by atoms with Crippen LogP contribution in [0, 0.1) is 5.92 Å². The summed E-state index contributed by atoms with van der Waals surface area (Å²) >= 11 is 0. The predicted molar refractivity (Wildman–Crippen MR) is 82.0 cm³/mol. The molecule has 3 rings (SSSR count). The molecule has 0 amide bonds. The van der Waals surface area contributed by atoms with Crippen molar-refractivity contribution in [1.29, 1.82) is 0 Å². The fourth-order valence-electron chi connectivity index (χ4n) is 3.05. The van der Waals surface area contributed by atoms with Crippen LogP contribution in [0.1, 0.15) is 23.5 Å². The second-order valence-corrected chi connectivity index (χ2v) is 5.60. The van der Waals surface area contributed by atoms with Gasteiger partial charge in [0.05, 0.1) is 7.11 Å². The molecule has 1 fully saturated rings. The molecule has 0 saturated heterocycles. The molecule has 2 nitrogen and oxygen atoms in total. The van der Waals surface area contributed by atoms with Gasteiger partial charge < -0.3 is 10.5 Å². The highest BCUT2D eigenvalue weighted by Gasteiger charge is 2.42. The third-order valence-corrected chi connectivity index (χ3v) is 4.27. The van der Waals surface area contributed by atoms with Crippen LogP contribution < -0.4 is 10.5 Å². The van der Waals surface area contributed by atoms with Gasteiger partial charge >= 0.3 is 0 Å². The molecule has 2 N–H and O–H groups in total. The third kappa shape index (κ3) is 2.70. The van der Waals surface area contributed by atoms with E-state index < -0.39 is 0 Å². The lowest BCUT2D eigenvalue weighted by Crippen LogP contribution is -2.26. The van der Waals surface area contributed by atoms with E-state index in [9.17, 15) is 0 Å². The molecule has 3 unspecified atom stereocenters. The molecule has 104 valence electrons. The van der Waals surface area contributed by atoms with Crippen molar-refractivity contribution in [2.75, 3.05) is 7.11 Å². The van der Waals surface area contributed by atoms with E-state index in [1.807, 2.05) is 18.2 Å². The van der Waals surface area contributed by atoms with Gasteiger partial charge in [0.2, 0.25) is 0 Å². The van der Waals surface area contributed by atoms with Crippen LogP contribution in [0.5, 0.6) is 5.75 Å². The minimum absolute atomic E-state index is 0.205. The highest BCUT2D eigenvalue weighted by Crippen LogP contribution is 2.49. The predicted octanol–water partition coefficient (Wildman–Crippen LogP) is 3.37. The van der Waals surface area contributed by atoms with Crippen LogP contribution in [0.3, 0.4) is 0 Å². The summed E-state index contributed by atoms with van der Waals surface area (Å²) in [6.45, 7) is 0. The molecule has 0 aromatic heterocycles. The lowest BCUT2D eigenvalue weighted by molar-refractivity contribution is 0.406. The van der Waals surface area contributed by atoms with Crippen molar-refractivity contribution in [2.45, 2.75) is 24.8 Å². The quantitative estimate of drug-likeness (QED) is 0.901. The lowest BCUT2D eigenvalue weighted by atomic mass is 9.99. The van der Waals surface area contributed by atoms with Gasteiger partial charge in [0.25, 0.3) is 0 Å². The molecule has 2 aromatic rings. The number of ether oxygens (including phenoxy) is 1. The second kappa shape index (κ2) is 5.68. The largest absolute Gasteiger partial charge is 0.496 e. The van der Waals surface area contributed by atoms with Gasteiger partial charge in [-0.25, -0.2) is 0 Å². The van der Waals surface area contributed by atoms with Gasteiger partial charge in [-0.1, -0.05) is 48.5 Å². The van der Waals surface area contributed by atoms with Gasteiger partial charge in [0, 0.05) is 6.04 Å². The molecule has 2 aromatic carbocycles. The highest BCUT2D eigenvalue weighted by molar-refractivity contribution is 5.35. The zero-order valence-electron chi connectivity index (χ0n) is 11.8. The third-order valence-electron chi connectivity index (χ3n) is 4.27. The molecular weight excluding hydrogens is 246 g/mol. The number of hydrogen-bond acceptors (Lipinski definition) is 2. The molecular formula is C18H21NO. The molecule has 0 radical (unpaired) electrons. The molecule has 1 aliphatic rings. The van der Waals surface area contributed by atoms with E-state index >= 15 is 0 Å².